The van der Waals surface area contributed by atoms with E-state index in [9.17, 15) is 9.90 Å². The summed E-state index contributed by atoms with van der Waals surface area (Å²) in [6.45, 7) is 3.46. The van der Waals surface area contributed by atoms with E-state index >= 15 is 0 Å². The summed E-state index contributed by atoms with van der Waals surface area (Å²) < 4.78 is 0. The van der Waals surface area contributed by atoms with Gasteiger partial charge in [-0.1, -0.05) is 32.6 Å². The average molecular weight is 268 g/mol. The first-order valence-electron chi connectivity index (χ1n) is 7.86. The molecule has 2 aliphatic rings. The van der Waals surface area contributed by atoms with Gasteiger partial charge in [0.25, 0.3) is 0 Å². The zero-order valence-corrected chi connectivity index (χ0v) is 12.1. The van der Waals surface area contributed by atoms with E-state index in [0.29, 0.717) is 6.54 Å². The standard InChI is InChI=1S/C15H28N2O2/c1-2-7-15(10-6-11-17-15)13(18)16-12-14(19)8-4-3-5-9-14/h17,19H,2-12H2,1H3,(H,16,18). The summed E-state index contributed by atoms with van der Waals surface area (Å²) in [5.74, 6) is 0.0887. The Labute approximate surface area is 116 Å². The Morgan fingerprint density at radius 3 is 2.53 bits per heavy atom. The van der Waals surface area contributed by atoms with Crippen molar-refractivity contribution in [1.82, 2.24) is 10.6 Å². The van der Waals surface area contributed by atoms with Crippen molar-refractivity contribution in [2.75, 3.05) is 13.1 Å². The van der Waals surface area contributed by atoms with Gasteiger partial charge in [0.1, 0.15) is 0 Å². The maximum Gasteiger partial charge on any atom is 0.240 e. The van der Waals surface area contributed by atoms with Crippen LogP contribution in [0.15, 0.2) is 0 Å². The summed E-state index contributed by atoms with van der Waals surface area (Å²) in [4.78, 5) is 12.5. The van der Waals surface area contributed by atoms with Crippen molar-refractivity contribution >= 4 is 5.91 Å². The summed E-state index contributed by atoms with van der Waals surface area (Å²) in [5, 5.41) is 16.8. The fourth-order valence-electron chi connectivity index (χ4n) is 3.55. The minimum absolute atomic E-state index is 0.0887. The maximum atomic E-state index is 12.5. The number of amides is 1. The molecule has 2 rings (SSSR count). The van der Waals surface area contributed by atoms with Crippen LogP contribution in [0.4, 0.5) is 0 Å². The molecule has 1 heterocycles. The van der Waals surface area contributed by atoms with Crippen LogP contribution in [-0.4, -0.2) is 35.2 Å². The van der Waals surface area contributed by atoms with Crippen LogP contribution in [0.2, 0.25) is 0 Å². The molecule has 0 radical (unpaired) electrons. The Kier molecular flexibility index (Phi) is 4.85. The molecule has 4 heteroatoms. The number of hydrogen-bond donors (Lipinski definition) is 3. The largest absolute Gasteiger partial charge is 0.388 e. The first-order valence-corrected chi connectivity index (χ1v) is 7.86. The second-order valence-electron chi connectivity index (χ2n) is 6.33. The number of carbonyl (C=O) groups is 1. The van der Waals surface area contributed by atoms with Gasteiger partial charge in [-0.3, -0.25) is 4.79 Å². The molecular weight excluding hydrogens is 240 g/mol. The minimum atomic E-state index is -0.667. The van der Waals surface area contributed by atoms with Crippen LogP contribution in [0.5, 0.6) is 0 Å². The lowest BCUT2D eigenvalue weighted by atomic mass is 9.84. The smallest absolute Gasteiger partial charge is 0.240 e. The Bertz CT molecular complexity index is 305. The molecule has 2 fully saturated rings. The van der Waals surface area contributed by atoms with Gasteiger partial charge in [-0.25, -0.2) is 0 Å². The highest BCUT2D eigenvalue weighted by atomic mass is 16.3. The van der Waals surface area contributed by atoms with E-state index in [1.165, 1.54) is 6.42 Å². The first kappa shape index (κ1) is 14.8. The number of nitrogens with one attached hydrogen (secondary N) is 2. The molecule has 1 aliphatic heterocycles. The van der Waals surface area contributed by atoms with Gasteiger partial charge in [-0.05, 0) is 38.6 Å². The molecule has 0 bridgehead atoms. The van der Waals surface area contributed by atoms with Crippen LogP contribution in [0.3, 0.4) is 0 Å². The van der Waals surface area contributed by atoms with Crippen molar-refractivity contribution in [2.45, 2.75) is 75.9 Å². The van der Waals surface area contributed by atoms with Gasteiger partial charge in [0.2, 0.25) is 5.91 Å². The van der Waals surface area contributed by atoms with E-state index in [-0.39, 0.29) is 11.4 Å². The number of aliphatic hydroxyl groups is 1. The zero-order chi connectivity index (χ0) is 13.8. The molecule has 1 saturated carbocycles. The molecule has 1 unspecified atom stereocenters. The molecule has 1 aliphatic carbocycles. The number of carbonyl (C=O) groups excluding carboxylic acids is 1. The van der Waals surface area contributed by atoms with Crippen LogP contribution in [-0.2, 0) is 4.79 Å². The second kappa shape index (κ2) is 6.23. The van der Waals surface area contributed by atoms with E-state index in [2.05, 4.69) is 17.6 Å². The first-order chi connectivity index (χ1) is 9.10. The lowest BCUT2D eigenvalue weighted by Gasteiger charge is -2.34. The molecular formula is C15H28N2O2. The van der Waals surface area contributed by atoms with Crippen molar-refractivity contribution < 1.29 is 9.90 Å². The van der Waals surface area contributed by atoms with Gasteiger partial charge >= 0.3 is 0 Å². The van der Waals surface area contributed by atoms with Crippen LogP contribution >= 0.6 is 0 Å². The van der Waals surface area contributed by atoms with Gasteiger partial charge in [-0.2, -0.15) is 0 Å². The quantitative estimate of drug-likeness (QED) is 0.711. The third-order valence-electron chi connectivity index (χ3n) is 4.72. The molecule has 1 saturated heterocycles. The summed E-state index contributed by atoms with van der Waals surface area (Å²) in [6, 6.07) is 0. The Morgan fingerprint density at radius 1 is 1.21 bits per heavy atom. The molecule has 0 aromatic carbocycles. The SMILES string of the molecule is CCCC1(C(=O)NCC2(O)CCCCC2)CCCN1. The number of hydrogen-bond acceptors (Lipinski definition) is 3. The van der Waals surface area contributed by atoms with Gasteiger partial charge in [0, 0.05) is 6.54 Å². The molecule has 0 aromatic heterocycles. The highest BCUT2D eigenvalue weighted by molar-refractivity contribution is 5.86. The van der Waals surface area contributed by atoms with E-state index in [1.807, 2.05) is 0 Å². The van der Waals surface area contributed by atoms with Crippen LogP contribution in [0.25, 0.3) is 0 Å². The normalized spacial score (nSPS) is 30.2. The second-order valence-corrected chi connectivity index (χ2v) is 6.33. The third kappa shape index (κ3) is 3.48. The topological polar surface area (TPSA) is 61.4 Å². The van der Waals surface area contributed by atoms with Gasteiger partial charge in [0.15, 0.2) is 0 Å². The third-order valence-corrected chi connectivity index (χ3v) is 4.72. The van der Waals surface area contributed by atoms with Gasteiger partial charge in [0.05, 0.1) is 11.1 Å². The molecule has 1 atom stereocenters. The van der Waals surface area contributed by atoms with Crippen molar-refractivity contribution in [3.05, 3.63) is 0 Å². The number of rotatable bonds is 5. The van der Waals surface area contributed by atoms with Crippen molar-refractivity contribution in [1.29, 1.82) is 0 Å². The van der Waals surface area contributed by atoms with Crippen LogP contribution < -0.4 is 10.6 Å². The highest BCUT2D eigenvalue weighted by Gasteiger charge is 2.41. The minimum Gasteiger partial charge on any atom is -0.388 e. The fraction of sp³-hybridized carbons (Fsp3) is 0.933. The lowest BCUT2D eigenvalue weighted by Crippen LogP contribution is -2.56. The molecule has 1 amide bonds. The fourth-order valence-corrected chi connectivity index (χ4v) is 3.55. The summed E-state index contributed by atoms with van der Waals surface area (Å²) in [5.41, 5.74) is -1.04. The molecule has 110 valence electrons. The lowest BCUT2D eigenvalue weighted by molar-refractivity contribution is -0.129. The Morgan fingerprint density at radius 2 is 1.95 bits per heavy atom. The molecule has 0 aromatic rings. The molecule has 0 spiro atoms. The molecule has 4 nitrogen and oxygen atoms in total. The van der Waals surface area contributed by atoms with E-state index in [0.717, 1.165) is 57.9 Å². The molecule has 19 heavy (non-hydrogen) atoms. The Hall–Kier alpha value is -0.610. The zero-order valence-electron chi connectivity index (χ0n) is 12.1. The van der Waals surface area contributed by atoms with Crippen molar-refractivity contribution in [2.24, 2.45) is 0 Å². The predicted octanol–water partition coefficient (Wildman–Crippen LogP) is 1.72. The van der Waals surface area contributed by atoms with Crippen molar-refractivity contribution in [3.63, 3.8) is 0 Å². The predicted molar refractivity (Wildman–Crippen MR) is 75.9 cm³/mol. The van der Waals surface area contributed by atoms with Crippen LogP contribution in [0.1, 0.15) is 64.7 Å². The summed E-state index contributed by atoms with van der Waals surface area (Å²) >= 11 is 0. The van der Waals surface area contributed by atoms with Gasteiger partial charge < -0.3 is 15.7 Å². The van der Waals surface area contributed by atoms with E-state index in [1.54, 1.807) is 0 Å². The van der Waals surface area contributed by atoms with E-state index < -0.39 is 5.60 Å². The van der Waals surface area contributed by atoms with Gasteiger partial charge in [-0.15, -0.1) is 0 Å². The maximum absolute atomic E-state index is 12.5. The van der Waals surface area contributed by atoms with Crippen LogP contribution in [0, 0.1) is 0 Å². The highest BCUT2D eigenvalue weighted by Crippen LogP contribution is 2.28. The van der Waals surface area contributed by atoms with Crippen molar-refractivity contribution in [3.8, 4) is 0 Å². The average Bonchev–Trinajstić information content (AvgIpc) is 2.87. The summed E-state index contributed by atoms with van der Waals surface area (Å²) in [6.07, 6.45) is 8.88. The van der Waals surface area contributed by atoms with E-state index in [4.69, 9.17) is 0 Å². The Balaban J connectivity index is 1.88. The molecule has 3 N–H and O–H groups in total. The monoisotopic (exact) mass is 268 g/mol. The summed E-state index contributed by atoms with van der Waals surface area (Å²) in [7, 11) is 0.